The SMILES string of the molecule is CC1=C(C)C(C)C2=C1[CH-]CCC2.CCCC(=O)O.CCCC(=O)O.CCCC(=O)O.[Ti]. The van der Waals surface area contributed by atoms with Gasteiger partial charge in [-0.05, 0) is 19.3 Å². The van der Waals surface area contributed by atoms with E-state index in [1.165, 1.54) is 19.3 Å². The molecule has 0 aromatic rings. The molecule has 0 aromatic heterocycles. The van der Waals surface area contributed by atoms with Crippen LogP contribution in [0.4, 0.5) is 0 Å². The number of allylic oxidation sites excluding steroid dienone is 4. The van der Waals surface area contributed by atoms with Crippen molar-refractivity contribution < 1.29 is 51.4 Å². The van der Waals surface area contributed by atoms with E-state index in [1.54, 1.807) is 22.3 Å². The van der Waals surface area contributed by atoms with Crippen LogP contribution in [0.2, 0.25) is 0 Å². The first kappa shape index (κ1) is 34.1. The van der Waals surface area contributed by atoms with Gasteiger partial charge in [-0.3, -0.25) is 14.4 Å². The molecule has 7 heteroatoms. The van der Waals surface area contributed by atoms with Gasteiger partial charge in [0, 0.05) is 41.0 Å². The van der Waals surface area contributed by atoms with Gasteiger partial charge in [0.2, 0.25) is 0 Å². The Balaban J connectivity index is -0.000000360. The third-order valence-corrected chi connectivity index (χ3v) is 4.90. The van der Waals surface area contributed by atoms with E-state index >= 15 is 0 Å². The molecule has 0 saturated carbocycles. The molecule has 31 heavy (non-hydrogen) atoms. The van der Waals surface area contributed by atoms with Crippen LogP contribution < -0.4 is 0 Å². The summed E-state index contributed by atoms with van der Waals surface area (Å²) in [5.41, 5.74) is 6.44. The van der Waals surface area contributed by atoms with Crippen molar-refractivity contribution in [1.82, 2.24) is 0 Å². The first-order chi connectivity index (χ1) is 14.0. The zero-order valence-electron chi connectivity index (χ0n) is 20.1. The number of hydrogen-bond acceptors (Lipinski definition) is 3. The topological polar surface area (TPSA) is 112 Å². The van der Waals surface area contributed by atoms with Crippen molar-refractivity contribution in [2.45, 2.75) is 99.3 Å². The van der Waals surface area contributed by atoms with Crippen LogP contribution in [0.5, 0.6) is 0 Å². The Morgan fingerprint density at radius 2 is 1.26 bits per heavy atom. The summed E-state index contributed by atoms with van der Waals surface area (Å²) in [6.07, 6.45) is 9.49. The Labute approximate surface area is 203 Å². The smallest absolute Gasteiger partial charge is 0.303 e. The number of rotatable bonds is 6. The minimum absolute atomic E-state index is 0. The maximum atomic E-state index is 9.60. The maximum Gasteiger partial charge on any atom is 0.303 e. The molecular formula is C24H41O6Ti-. The van der Waals surface area contributed by atoms with Crippen molar-refractivity contribution in [3.63, 3.8) is 0 Å². The molecule has 1 unspecified atom stereocenters. The van der Waals surface area contributed by atoms with Gasteiger partial charge < -0.3 is 15.3 Å². The molecule has 2 aliphatic carbocycles. The fourth-order valence-corrected chi connectivity index (χ4v) is 3.09. The minimum atomic E-state index is -0.711. The van der Waals surface area contributed by atoms with Crippen LogP contribution in [0, 0.1) is 12.3 Å². The molecular weight excluding hydrogens is 432 g/mol. The van der Waals surface area contributed by atoms with E-state index in [-0.39, 0.29) is 21.7 Å². The maximum absolute atomic E-state index is 9.60. The van der Waals surface area contributed by atoms with E-state index in [0.717, 1.165) is 25.2 Å². The molecule has 0 spiro atoms. The quantitative estimate of drug-likeness (QED) is 0.310. The molecule has 3 N–H and O–H groups in total. The van der Waals surface area contributed by atoms with Gasteiger partial charge in [0.1, 0.15) is 0 Å². The Kier molecular flexibility index (Phi) is 22.4. The van der Waals surface area contributed by atoms with Crippen molar-refractivity contribution >= 4 is 17.9 Å². The van der Waals surface area contributed by atoms with Gasteiger partial charge in [0.05, 0.1) is 0 Å². The van der Waals surface area contributed by atoms with E-state index in [2.05, 4.69) is 27.2 Å². The van der Waals surface area contributed by atoms with Gasteiger partial charge in [-0.1, -0.05) is 66.7 Å². The second-order valence-corrected chi connectivity index (χ2v) is 7.50. The zero-order chi connectivity index (χ0) is 23.7. The van der Waals surface area contributed by atoms with Crippen LogP contribution in [0.1, 0.15) is 99.3 Å². The van der Waals surface area contributed by atoms with Gasteiger partial charge in [0.15, 0.2) is 0 Å². The Hall–Kier alpha value is -1.53. The molecule has 178 valence electrons. The molecule has 0 amide bonds. The van der Waals surface area contributed by atoms with E-state index in [1.807, 2.05) is 20.8 Å². The fourth-order valence-electron chi connectivity index (χ4n) is 3.09. The largest absolute Gasteiger partial charge is 0.481 e. The summed E-state index contributed by atoms with van der Waals surface area (Å²) >= 11 is 0. The van der Waals surface area contributed by atoms with E-state index < -0.39 is 17.9 Å². The van der Waals surface area contributed by atoms with Crippen LogP contribution >= 0.6 is 0 Å². The predicted molar refractivity (Wildman–Crippen MR) is 120 cm³/mol. The van der Waals surface area contributed by atoms with Crippen molar-refractivity contribution in [2.24, 2.45) is 5.92 Å². The second-order valence-electron chi connectivity index (χ2n) is 7.50. The molecule has 0 fully saturated rings. The van der Waals surface area contributed by atoms with Gasteiger partial charge in [-0.25, -0.2) is 0 Å². The molecule has 0 radical (unpaired) electrons. The van der Waals surface area contributed by atoms with E-state index in [9.17, 15) is 14.4 Å². The van der Waals surface area contributed by atoms with Crippen molar-refractivity contribution in [1.29, 1.82) is 0 Å². The Morgan fingerprint density at radius 3 is 1.52 bits per heavy atom. The van der Waals surface area contributed by atoms with E-state index in [0.29, 0.717) is 19.3 Å². The fraction of sp³-hybridized carbons (Fsp3) is 0.667. The van der Waals surface area contributed by atoms with Crippen LogP contribution in [0.15, 0.2) is 22.3 Å². The standard InChI is InChI=1S/C12H17.3C4H8O2.Ti/c1-8-9(2)11-6-4-5-7-12(11)10(8)3;3*1-2-3-4(5)6;/h6,10H,4-5,7H2,1-3H3;3*2-3H2,1H3,(H,5,6);/q-1;;;;. The average molecular weight is 473 g/mol. The zero-order valence-corrected chi connectivity index (χ0v) is 21.6. The summed E-state index contributed by atoms with van der Waals surface area (Å²) < 4.78 is 0. The van der Waals surface area contributed by atoms with Gasteiger partial charge >= 0.3 is 17.9 Å². The minimum Gasteiger partial charge on any atom is -0.481 e. The monoisotopic (exact) mass is 473 g/mol. The molecule has 2 aliphatic rings. The predicted octanol–water partition coefficient (Wildman–Crippen LogP) is 6.27. The Morgan fingerprint density at radius 1 is 0.871 bits per heavy atom. The van der Waals surface area contributed by atoms with Gasteiger partial charge in [-0.2, -0.15) is 23.1 Å². The number of carboxylic acid groups (broad SMARTS) is 3. The summed E-state index contributed by atoms with van der Waals surface area (Å²) in [6, 6.07) is 0. The summed E-state index contributed by atoms with van der Waals surface area (Å²) in [5.74, 6) is -1.40. The van der Waals surface area contributed by atoms with Gasteiger partial charge in [-0.15, -0.1) is 5.57 Å². The first-order valence-corrected chi connectivity index (χ1v) is 10.9. The molecule has 0 aliphatic heterocycles. The number of carboxylic acids is 3. The average Bonchev–Trinajstić information content (AvgIpc) is 2.88. The van der Waals surface area contributed by atoms with Crippen LogP contribution in [-0.4, -0.2) is 33.2 Å². The third kappa shape index (κ3) is 16.8. The summed E-state index contributed by atoms with van der Waals surface area (Å²) in [4.78, 5) is 28.8. The molecule has 6 nitrogen and oxygen atoms in total. The molecule has 0 aromatic carbocycles. The van der Waals surface area contributed by atoms with Crippen molar-refractivity contribution in [3.8, 4) is 0 Å². The van der Waals surface area contributed by atoms with Crippen molar-refractivity contribution in [2.75, 3.05) is 0 Å². The molecule has 0 saturated heterocycles. The van der Waals surface area contributed by atoms with Crippen LogP contribution in [0.25, 0.3) is 0 Å². The van der Waals surface area contributed by atoms with Gasteiger partial charge in [0.25, 0.3) is 0 Å². The molecule has 2 rings (SSSR count). The normalized spacial score (nSPS) is 16.0. The number of hydrogen-bond donors (Lipinski definition) is 3. The molecule has 0 heterocycles. The number of aliphatic carboxylic acids is 3. The van der Waals surface area contributed by atoms with Crippen LogP contribution in [-0.2, 0) is 36.1 Å². The first-order valence-electron chi connectivity index (χ1n) is 10.9. The summed E-state index contributed by atoms with van der Waals surface area (Å²) in [7, 11) is 0. The molecule has 0 bridgehead atoms. The Bertz CT molecular complexity index is 569. The summed E-state index contributed by atoms with van der Waals surface area (Å²) in [5, 5.41) is 23.7. The second kappa shape index (κ2) is 20.4. The molecule has 1 atom stereocenters. The van der Waals surface area contributed by atoms with Crippen LogP contribution in [0.3, 0.4) is 0 Å². The van der Waals surface area contributed by atoms with E-state index in [4.69, 9.17) is 15.3 Å². The van der Waals surface area contributed by atoms with Crippen molar-refractivity contribution in [3.05, 3.63) is 28.7 Å². The number of carbonyl (C=O) groups is 3. The third-order valence-electron chi connectivity index (χ3n) is 4.90. The summed E-state index contributed by atoms with van der Waals surface area (Å²) in [6.45, 7) is 12.4.